The number of likely N-dealkylation sites (tertiary alicyclic amines) is 1. The number of nitrogen functional groups attached to an aromatic ring is 1. The summed E-state index contributed by atoms with van der Waals surface area (Å²) in [5.74, 6) is -2.02. The van der Waals surface area contributed by atoms with Crippen molar-refractivity contribution in [3.8, 4) is 0 Å². The zero-order valence-corrected chi connectivity index (χ0v) is 20.1. The fourth-order valence-electron chi connectivity index (χ4n) is 5.98. The number of carboxylic acids is 2. The summed E-state index contributed by atoms with van der Waals surface area (Å²) < 4.78 is 31.7. The van der Waals surface area contributed by atoms with E-state index in [0.29, 0.717) is 5.92 Å². The number of carboxylic acid groups (broad SMARTS) is 2. The largest absolute Gasteiger partial charge is 0.490 e. The van der Waals surface area contributed by atoms with Crippen molar-refractivity contribution >= 4 is 23.3 Å². The quantitative estimate of drug-likeness (QED) is 0.527. The second kappa shape index (κ2) is 11.5. The minimum absolute atomic E-state index is 0.0127. The molecule has 10 heteroatoms. The monoisotopic (exact) mass is 499 g/mol. The second-order valence-electron chi connectivity index (χ2n) is 10.1. The summed E-state index contributed by atoms with van der Waals surface area (Å²) in [5.41, 5.74) is 7.91. The number of nitrogens with two attached hydrogens (primary N) is 1. The van der Waals surface area contributed by atoms with Crippen molar-refractivity contribution in [2.75, 3.05) is 30.3 Å². The summed E-state index contributed by atoms with van der Waals surface area (Å²) in [6.07, 6.45) is 3.57. The Balaban J connectivity index is 0.000000169. The molecule has 4 N–H and O–H groups in total. The van der Waals surface area contributed by atoms with Gasteiger partial charge in [-0.15, -0.1) is 0 Å². The molecule has 2 aliphatic carbocycles. The van der Waals surface area contributed by atoms with E-state index in [-0.39, 0.29) is 5.92 Å². The van der Waals surface area contributed by atoms with Gasteiger partial charge in [0.05, 0.1) is 5.92 Å². The molecular weight excluding hydrogens is 463 g/mol. The van der Waals surface area contributed by atoms with Crippen LogP contribution in [0.25, 0.3) is 0 Å². The maximum Gasteiger partial charge on any atom is 0.490 e. The Labute approximate surface area is 204 Å². The molecule has 2 heterocycles. The number of hydrogen-bond donors (Lipinski definition) is 3. The molecule has 0 spiro atoms. The van der Waals surface area contributed by atoms with Gasteiger partial charge in [-0.2, -0.15) is 13.2 Å². The molecule has 2 saturated carbocycles. The molecule has 4 aliphatic rings. The number of rotatable bonds is 3. The number of hydrogen-bond acceptors (Lipinski definition) is 5. The van der Waals surface area contributed by atoms with E-state index < -0.39 is 18.1 Å². The average Bonchev–Trinajstić information content (AvgIpc) is 3.59. The molecular formula is C25H36F3N3O4. The van der Waals surface area contributed by atoms with Crippen LogP contribution in [0.5, 0.6) is 0 Å². The molecule has 4 fully saturated rings. The van der Waals surface area contributed by atoms with Gasteiger partial charge in [-0.3, -0.25) is 9.69 Å². The van der Waals surface area contributed by atoms with E-state index in [0.717, 1.165) is 30.1 Å². The van der Waals surface area contributed by atoms with E-state index in [1.165, 1.54) is 63.8 Å². The first kappa shape index (κ1) is 27.1. The van der Waals surface area contributed by atoms with Crippen LogP contribution in [0.3, 0.4) is 0 Å². The Morgan fingerprint density at radius 1 is 1.00 bits per heavy atom. The zero-order chi connectivity index (χ0) is 25.8. The summed E-state index contributed by atoms with van der Waals surface area (Å²) in [6.45, 7) is 6.02. The van der Waals surface area contributed by atoms with Gasteiger partial charge >= 0.3 is 18.1 Å². The van der Waals surface area contributed by atoms with Crippen molar-refractivity contribution < 1.29 is 33.0 Å². The van der Waals surface area contributed by atoms with Crippen LogP contribution in [0.2, 0.25) is 0 Å². The minimum atomic E-state index is -5.08. The topological polar surface area (TPSA) is 107 Å². The predicted molar refractivity (Wildman–Crippen MR) is 127 cm³/mol. The van der Waals surface area contributed by atoms with E-state index in [1.54, 1.807) is 0 Å². The maximum atomic E-state index is 10.6. The number of alkyl halides is 3. The zero-order valence-electron chi connectivity index (χ0n) is 20.1. The van der Waals surface area contributed by atoms with Gasteiger partial charge in [0, 0.05) is 36.5 Å². The van der Waals surface area contributed by atoms with Crippen LogP contribution in [0, 0.1) is 17.8 Å². The molecule has 2 aliphatic heterocycles. The predicted octanol–water partition coefficient (Wildman–Crippen LogP) is 4.47. The van der Waals surface area contributed by atoms with Gasteiger partial charge in [0.15, 0.2) is 0 Å². The van der Waals surface area contributed by atoms with Crippen LogP contribution in [-0.2, 0) is 9.59 Å². The van der Waals surface area contributed by atoms with Gasteiger partial charge < -0.3 is 20.8 Å². The molecule has 2 saturated heterocycles. The lowest BCUT2D eigenvalue weighted by molar-refractivity contribution is -0.192. The molecule has 35 heavy (non-hydrogen) atoms. The fraction of sp³-hybridized carbons (Fsp3) is 0.680. The molecule has 2 bridgehead atoms. The molecule has 3 unspecified atom stereocenters. The third-order valence-electron chi connectivity index (χ3n) is 7.79. The van der Waals surface area contributed by atoms with Crippen molar-refractivity contribution in [1.29, 1.82) is 0 Å². The molecule has 0 aromatic heterocycles. The number of carbonyl (C=O) groups is 2. The van der Waals surface area contributed by atoms with E-state index in [2.05, 4.69) is 28.9 Å². The van der Waals surface area contributed by atoms with Crippen LogP contribution in [0.4, 0.5) is 24.5 Å². The third-order valence-corrected chi connectivity index (χ3v) is 7.79. The van der Waals surface area contributed by atoms with E-state index in [9.17, 15) is 18.0 Å². The normalized spacial score (nSPS) is 29.8. The van der Waals surface area contributed by atoms with Crippen LogP contribution >= 0.6 is 0 Å². The molecule has 196 valence electrons. The molecule has 7 nitrogen and oxygen atoms in total. The Morgan fingerprint density at radius 2 is 1.66 bits per heavy atom. The van der Waals surface area contributed by atoms with Gasteiger partial charge in [0.2, 0.25) is 0 Å². The smallest absolute Gasteiger partial charge is 0.481 e. The Kier molecular flexibility index (Phi) is 8.90. The highest BCUT2D eigenvalue weighted by Crippen LogP contribution is 2.48. The summed E-state index contributed by atoms with van der Waals surface area (Å²) in [5, 5.41) is 15.9. The number of anilines is 2. The molecule has 1 aromatic carbocycles. The van der Waals surface area contributed by atoms with Gasteiger partial charge in [0.25, 0.3) is 0 Å². The van der Waals surface area contributed by atoms with Crippen molar-refractivity contribution in [1.82, 2.24) is 4.90 Å². The van der Waals surface area contributed by atoms with Crippen LogP contribution in [-0.4, -0.2) is 64.9 Å². The third kappa shape index (κ3) is 7.25. The van der Waals surface area contributed by atoms with Crippen LogP contribution in [0.1, 0.15) is 51.9 Å². The van der Waals surface area contributed by atoms with Crippen LogP contribution in [0.15, 0.2) is 24.3 Å². The first-order chi connectivity index (χ1) is 16.5. The van der Waals surface area contributed by atoms with Gasteiger partial charge in [-0.05, 0) is 88.1 Å². The molecule has 5 rings (SSSR count). The lowest BCUT2D eigenvalue weighted by Gasteiger charge is -2.28. The van der Waals surface area contributed by atoms with Gasteiger partial charge in [0.1, 0.15) is 0 Å². The standard InChI is InChI=1S/C15H23N3.C8H12O2.C2HF3O2/c1-12-3-2-9-18(12)15-8-10-17(11-15)14-6-4-13(16)5-7-14;9-8(10)7-4-5-1-2-6(7)3-5;3-2(4,5)1(6)7/h4-7,12,15H,2-3,8-11,16H2,1H3;5-7H,1-4H2,(H,9,10);(H,6,7)/t;5-,6+,7?;/m.1./s1. The lowest BCUT2D eigenvalue weighted by atomic mass is 9.89. The Bertz CT molecular complexity index is 865. The van der Waals surface area contributed by atoms with E-state index in [1.807, 2.05) is 12.1 Å². The minimum Gasteiger partial charge on any atom is -0.481 e. The molecule has 0 amide bonds. The van der Waals surface area contributed by atoms with Crippen molar-refractivity contribution in [3.05, 3.63) is 24.3 Å². The lowest BCUT2D eigenvalue weighted by Crippen LogP contribution is -2.39. The Hall–Kier alpha value is -2.49. The summed E-state index contributed by atoms with van der Waals surface area (Å²) in [7, 11) is 0. The average molecular weight is 500 g/mol. The molecule has 0 radical (unpaired) electrons. The highest BCUT2D eigenvalue weighted by Gasteiger charge is 2.43. The Morgan fingerprint density at radius 3 is 2.09 bits per heavy atom. The maximum absolute atomic E-state index is 10.6. The summed E-state index contributed by atoms with van der Waals surface area (Å²) >= 11 is 0. The van der Waals surface area contributed by atoms with Crippen molar-refractivity contribution in [3.63, 3.8) is 0 Å². The van der Waals surface area contributed by atoms with E-state index >= 15 is 0 Å². The number of aliphatic carboxylic acids is 2. The van der Waals surface area contributed by atoms with Crippen molar-refractivity contribution in [2.24, 2.45) is 17.8 Å². The van der Waals surface area contributed by atoms with Crippen LogP contribution < -0.4 is 10.6 Å². The summed E-state index contributed by atoms with van der Waals surface area (Å²) in [4.78, 5) is 24.7. The SMILES string of the molecule is CC1CCCN1C1CCN(c2ccc(N)cc2)C1.O=C(O)C(F)(F)F.O=C(O)C1C[C@@H]2CC[C@H]1C2. The molecule has 5 atom stereocenters. The van der Waals surface area contributed by atoms with E-state index in [4.69, 9.17) is 20.7 Å². The summed E-state index contributed by atoms with van der Waals surface area (Å²) in [6, 6.07) is 9.82. The second-order valence-corrected chi connectivity index (χ2v) is 10.1. The highest BCUT2D eigenvalue weighted by atomic mass is 19.4. The fourth-order valence-corrected chi connectivity index (χ4v) is 5.98. The number of benzene rings is 1. The number of nitrogens with zero attached hydrogens (tertiary/aromatic N) is 2. The first-order valence-electron chi connectivity index (χ1n) is 12.3. The number of halogens is 3. The van der Waals surface area contributed by atoms with Gasteiger partial charge in [-0.1, -0.05) is 6.42 Å². The first-order valence-corrected chi connectivity index (χ1v) is 12.3. The van der Waals surface area contributed by atoms with Gasteiger partial charge in [-0.25, -0.2) is 4.79 Å². The van der Waals surface area contributed by atoms with Crippen molar-refractivity contribution in [2.45, 2.75) is 70.1 Å². The highest BCUT2D eigenvalue weighted by molar-refractivity contribution is 5.73. The number of fused-ring (bicyclic) bond motifs is 2. The molecule has 1 aromatic rings.